The van der Waals surface area contributed by atoms with Crippen molar-refractivity contribution < 1.29 is 9.94 Å². The summed E-state index contributed by atoms with van der Waals surface area (Å²) in [5.74, 6) is 0. The SMILES string of the molecule is CCOC(CC)NO. The van der Waals surface area contributed by atoms with Gasteiger partial charge in [-0.05, 0) is 13.3 Å². The molecule has 0 radical (unpaired) electrons. The van der Waals surface area contributed by atoms with Crippen LogP contribution in [0.2, 0.25) is 0 Å². The topological polar surface area (TPSA) is 41.5 Å². The molecule has 0 aromatic heterocycles. The summed E-state index contributed by atoms with van der Waals surface area (Å²) in [4.78, 5) is 0. The molecule has 2 N–H and O–H groups in total. The molecular formula is C5H13NO2. The van der Waals surface area contributed by atoms with Crippen molar-refractivity contribution in [2.45, 2.75) is 26.5 Å². The van der Waals surface area contributed by atoms with E-state index in [2.05, 4.69) is 0 Å². The van der Waals surface area contributed by atoms with E-state index in [1.165, 1.54) is 0 Å². The van der Waals surface area contributed by atoms with Gasteiger partial charge in [-0.2, -0.15) is 5.48 Å². The average Bonchev–Trinajstić information content (AvgIpc) is 1.83. The third-order valence-corrected chi connectivity index (χ3v) is 0.883. The van der Waals surface area contributed by atoms with Gasteiger partial charge >= 0.3 is 0 Å². The average molecular weight is 119 g/mol. The molecule has 0 heterocycles. The smallest absolute Gasteiger partial charge is 0.129 e. The third kappa shape index (κ3) is 2.96. The Kier molecular flexibility index (Phi) is 4.95. The molecular weight excluding hydrogens is 106 g/mol. The van der Waals surface area contributed by atoms with Gasteiger partial charge in [0.25, 0.3) is 0 Å². The highest BCUT2D eigenvalue weighted by Crippen LogP contribution is 1.89. The summed E-state index contributed by atoms with van der Waals surface area (Å²) in [6.07, 6.45) is 0.588. The minimum absolute atomic E-state index is 0.194. The number of rotatable bonds is 4. The van der Waals surface area contributed by atoms with Crippen LogP contribution >= 0.6 is 0 Å². The Morgan fingerprint density at radius 3 is 2.38 bits per heavy atom. The second-order valence-corrected chi connectivity index (χ2v) is 1.48. The van der Waals surface area contributed by atoms with Crippen LogP contribution in [0.3, 0.4) is 0 Å². The van der Waals surface area contributed by atoms with Crippen molar-refractivity contribution in [2.75, 3.05) is 6.61 Å². The quantitative estimate of drug-likeness (QED) is 0.423. The van der Waals surface area contributed by atoms with Crippen LogP contribution in [0, 0.1) is 0 Å². The summed E-state index contributed by atoms with van der Waals surface area (Å²) in [7, 11) is 0. The van der Waals surface area contributed by atoms with Crippen LogP contribution in [0.25, 0.3) is 0 Å². The van der Waals surface area contributed by atoms with Crippen LogP contribution in [0.1, 0.15) is 20.3 Å². The maximum absolute atomic E-state index is 8.28. The zero-order valence-electron chi connectivity index (χ0n) is 5.35. The van der Waals surface area contributed by atoms with E-state index in [1.54, 1.807) is 0 Å². The Morgan fingerprint density at radius 2 is 2.25 bits per heavy atom. The van der Waals surface area contributed by atoms with Crippen LogP contribution in [0.15, 0.2) is 0 Å². The second-order valence-electron chi connectivity index (χ2n) is 1.48. The zero-order valence-corrected chi connectivity index (χ0v) is 5.35. The Labute approximate surface area is 49.6 Å². The molecule has 0 spiro atoms. The molecule has 3 nitrogen and oxygen atoms in total. The first-order valence-electron chi connectivity index (χ1n) is 2.86. The molecule has 0 saturated heterocycles. The van der Waals surface area contributed by atoms with Gasteiger partial charge in [-0.15, -0.1) is 0 Å². The normalized spacial score (nSPS) is 13.9. The molecule has 0 bridgehead atoms. The fraction of sp³-hybridized carbons (Fsp3) is 1.00. The van der Waals surface area contributed by atoms with Crippen molar-refractivity contribution in [3.8, 4) is 0 Å². The second kappa shape index (κ2) is 5.03. The number of hydrogen-bond acceptors (Lipinski definition) is 3. The largest absolute Gasteiger partial charge is 0.362 e. The number of hydrogen-bond donors (Lipinski definition) is 2. The molecule has 0 aromatic rings. The summed E-state index contributed by atoms with van der Waals surface area (Å²) in [5.41, 5.74) is 2.03. The predicted octanol–water partition coefficient (Wildman–Crippen LogP) is 0.738. The first-order valence-corrected chi connectivity index (χ1v) is 2.86. The van der Waals surface area contributed by atoms with Gasteiger partial charge in [-0.25, -0.2) is 0 Å². The van der Waals surface area contributed by atoms with E-state index < -0.39 is 0 Å². The van der Waals surface area contributed by atoms with E-state index in [1.807, 2.05) is 19.3 Å². The van der Waals surface area contributed by atoms with Crippen LogP contribution in [0.5, 0.6) is 0 Å². The highest BCUT2D eigenvalue weighted by molar-refractivity contribution is 4.40. The first kappa shape index (κ1) is 7.88. The van der Waals surface area contributed by atoms with Crippen molar-refractivity contribution in [3.05, 3.63) is 0 Å². The summed E-state index contributed by atoms with van der Waals surface area (Å²) >= 11 is 0. The minimum Gasteiger partial charge on any atom is -0.362 e. The predicted molar refractivity (Wildman–Crippen MR) is 30.6 cm³/mol. The molecule has 50 valence electrons. The molecule has 1 atom stereocenters. The van der Waals surface area contributed by atoms with Crippen molar-refractivity contribution in [1.29, 1.82) is 0 Å². The third-order valence-electron chi connectivity index (χ3n) is 0.883. The van der Waals surface area contributed by atoms with Gasteiger partial charge in [0.1, 0.15) is 6.23 Å². The Morgan fingerprint density at radius 1 is 1.62 bits per heavy atom. The van der Waals surface area contributed by atoms with E-state index in [-0.39, 0.29) is 6.23 Å². The maximum Gasteiger partial charge on any atom is 0.129 e. The van der Waals surface area contributed by atoms with Gasteiger partial charge in [0.2, 0.25) is 0 Å². The van der Waals surface area contributed by atoms with Crippen LogP contribution in [-0.2, 0) is 4.74 Å². The van der Waals surface area contributed by atoms with Gasteiger partial charge < -0.3 is 9.94 Å². The Hall–Kier alpha value is -0.120. The molecule has 8 heavy (non-hydrogen) atoms. The lowest BCUT2D eigenvalue weighted by Crippen LogP contribution is -2.27. The van der Waals surface area contributed by atoms with Crippen molar-refractivity contribution in [3.63, 3.8) is 0 Å². The standard InChI is InChI=1S/C5H13NO2/c1-3-5(6-7)8-4-2/h5-7H,3-4H2,1-2H3. The molecule has 0 aliphatic carbocycles. The van der Waals surface area contributed by atoms with Gasteiger partial charge in [-0.1, -0.05) is 6.92 Å². The molecule has 0 aliphatic heterocycles. The minimum atomic E-state index is -0.194. The van der Waals surface area contributed by atoms with Crippen molar-refractivity contribution >= 4 is 0 Å². The maximum atomic E-state index is 8.28. The first-order chi connectivity index (χ1) is 3.85. The molecule has 0 aliphatic rings. The summed E-state index contributed by atoms with van der Waals surface area (Å²) in [5, 5.41) is 8.28. The Bertz CT molecular complexity index is 45.7. The lowest BCUT2D eigenvalue weighted by Gasteiger charge is -2.10. The van der Waals surface area contributed by atoms with Gasteiger partial charge in [0.15, 0.2) is 0 Å². The van der Waals surface area contributed by atoms with E-state index in [0.717, 1.165) is 6.42 Å². The Balaban J connectivity index is 3.07. The summed E-state index contributed by atoms with van der Waals surface area (Å²) < 4.78 is 4.98. The van der Waals surface area contributed by atoms with Crippen LogP contribution in [0.4, 0.5) is 0 Å². The summed E-state index contributed by atoms with van der Waals surface area (Å²) in [6.45, 7) is 4.45. The molecule has 0 amide bonds. The lowest BCUT2D eigenvalue weighted by atomic mass is 10.4. The molecule has 0 saturated carbocycles. The molecule has 0 rings (SSSR count). The van der Waals surface area contributed by atoms with Gasteiger partial charge in [0.05, 0.1) is 0 Å². The molecule has 0 fully saturated rings. The van der Waals surface area contributed by atoms with Crippen LogP contribution in [-0.4, -0.2) is 18.0 Å². The van der Waals surface area contributed by atoms with Crippen molar-refractivity contribution in [1.82, 2.24) is 5.48 Å². The molecule has 3 heteroatoms. The van der Waals surface area contributed by atoms with E-state index >= 15 is 0 Å². The highest BCUT2D eigenvalue weighted by atomic mass is 16.6. The van der Waals surface area contributed by atoms with Crippen molar-refractivity contribution in [2.24, 2.45) is 0 Å². The number of ether oxygens (including phenoxy) is 1. The molecule has 0 aromatic carbocycles. The monoisotopic (exact) mass is 119 g/mol. The highest BCUT2D eigenvalue weighted by Gasteiger charge is 1.98. The van der Waals surface area contributed by atoms with E-state index in [0.29, 0.717) is 6.61 Å². The van der Waals surface area contributed by atoms with E-state index in [4.69, 9.17) is 9.94 Å². The fourth-order valence-electron chi connectivity index (χ4n) is 0.448. The number of nitrogens with one attached hydrogen (secondary N) is 1. The van der Waals surface area contributed by atoms with Crippen LogP contribution < -0.4 is 5.48 Å². The zero-order chi connectivity index (χ0) is 6.41. The van der Waals surface area contributed by atoms with E-state index in [9.17, 15) is 0 Å². The number of hydroxylamine groups is 1. The van der Waals surface area contributed by atoms with Gasteiger partial charge in [-0.3, -0.25) is 0 Å². The lowest BCUT2D eigenvalue weighted by molar-refractivity contribution is -0.0488. The molecule has 1 unspecified atom stereocenters. The summed E-state index contributed by atoms with van der Waals surface area (Å²) in [6, 6.07) is 0. The van der Waals surface area contributed by atoms with Gasteiger partial charge in [0, 0.05) is 6.61 Å². The fourth-order valence-corrected chi connectivity index (χ4v) is 0.448.